The van der Waals surface area contributed by atoms with Crippen LogP contribution in [0.1, 0.15) is 12.7 Å². The normalized spacial score (nSPS) is 12.1. The number of rotatable bonds is 6. The standard InChI is InChI=1S/C16H14ClFN4O2S/c1-10(15(23)20-14-5-4-11(18)7-13(14)17)25-16-21-19-9-22(16)8-12-3-2-6-24-12/h2-7,9-10H,8H2,1H3,(H,20,23). The first-order valence-corrected chi connectivity index (χ1v) is 8.61. The van der Waals surface area contributed by atoms with Crippen LogP contribution in [-0.2, 0) is 11.3 Å². The highest BCUT2D eigenvalue weighted by Gasteiger charge is 2.19. The van der Waals surface area contributed by atoms with E-state index >= 15 is 0 Å². The Morgan fingerprint density at radius 1 is 1.48 bits per heavy atom. The van der Waals surface area contributed by atoms with Gasteiger partial charge in [0, 0.05) is 0 Å². The molecular weight excluding hydrogens is 367 g/mol. The van der Waals surface area contributed by atoms with Crippen molar-refractivity contribution in [2.24, 2.45) is 0 Å². The summed E-state index contributed by atoms with van der Waals surface area (Å²) in [5.41, 5.74) is 0.359. The summed E-state index contributed by atoms with van der Waals surface area (Å²) in [5, 5.41) is 10.9. The number of halogens is 2. The van der Waals surface area contributed by atoms with Gasteiger partial charge in [-0.25, -0.2) is 4.39 Å². The van der Waals surface area contributed by atoms with E-state index in [0.29, 0.717) is 17.4 Å². The number of carbonyl (C=O) groups is 1. The smallest absolute Gasteiger partial charge is 0.237 e. The van der Waals surface area contributed by atoms with Crippen LogP contribution in [0.4, 0.5) is 10.1 Å². The van der Waals surface area contributed by atoms with Crippen LogP contribution in [0.3, 0.4) is 0 Å². The second-order valence-corrected chi connectivity index (χ2v) is 6.91. The first-order valence-electron chi connectivity index (χ1n) is 7.35. The highest BCUT2D eigenvalue weighted by molar-refractivity contribution is 8.00. The van der Waals surface area contributed by atoms with Gasteiger partial charge in [-0.2, -0.15) is 0 Å². The highest BCUT2D eigenvalue weighted by Crippen LogP contribution is 2.26. The fourth-order valence-corrected chi connectivity index (χ4v) is 3.09. The molecule has 0 radical (unpaired) electrons. The Hall–Kier alpha value is -2.32. The molecule has 1 N–H and O–H groups in total. The van der Waals surface area contributed by atoms with Crippen molar-refractivity contribution in [3.63, 3.8) is 0 Å². The maximum Gasteiger partial charge on any atom is 0.237 e. The second kappa shape index (κ2) is 7.71. The molecule has 2 aromatic heterocycles. The van der Waals surface area contributed by atoms with Gasteiger partial charge in [-0.15, -0.1) is 10.2 Å². The molecule has 1 unspecified atom stereocenters. The van der Waals surface area contributed by atoms with Crippen molar-refractivity contribution < 1.29 is 13.6 Å². The topological polar surface area (TPSA) is 73.0 Å². The average molecular weight is 381 g/mol. The molecule has 0 aliphatic heterocycles. The van der Waals surface area contributed by atoms with Crippen LogP contribution < -0.4 is 5.32 Å². The molecule has 1 amide bonds. The molecule has 1 atom stereocenters. The second-order valence-electron chi connectivity index (χ2n) is 5.19. The molecule has 0 spiro atoms. The number of furan rings is 1. The zero-order valence-corrected chi connectivity index (χ0v) is 14.7. The van der Waals surface area contributed by atoms with Gasteiger partial charge in [0.05, 0.1) is 28.8 Å². The summed E-state index contributed by atoms with van der Waals surface area (Å²) in [6, 6.07) is 7.46. The minimum Gasteiger partial charge on any atom is -0.467 e. The number of thioether (sulfide) groups is 1. The largest absolute Gasteiger partial charge is 0.467 e. The Kier molecular flexibility index (Phi) is 5.40. The van der Waals surface area contributed by atoms with E-state index in [0.717, 1.165) is 11.8 Å². The number of nitrogens with zero attached hydrogens (tertiary/aromatic N) is 3. The molecular formula is C16H14ClFN4O2S. The maximum absolute atomic E-state index is 13.1. The van der Waals surface area contributed by atoms with E-state index in [1.807, 2.05) is 6.07 Å². The molecule has 3 rings (SSSR count). The molecule has 9 heteroatoms. The third-order valence-corrected chi connectivity index (χ3v) is 4.73. The summed E-state index contributed by atoms with van der Waals surface area (Å²) < 4.78 is 20.2. The molecule has 25 heavy (non-hydrogen) atoms. The van der Waals surface area contributed by atoms with E-state index in [-0.39, 0.29) is 10.9 Å². The fraction of sp³-hybridized carbons (Fsp3) is 0.188. The third kappa shape index (κ3) is 4.40. The average Bonchev–Trinajstić information content (AvgIpc) is 3.23. The Morgan fingerprint density at radius 2 is 2.32 bits per heavy atom. The zero-order valence-electron chi connectivity index (χ0n) is 13.1. The van der Waals surface area contributed by atoms with Crippen LogP contribution in [0.25, 0.3) is 0 Å². The van der Waals surface area contributed by atoms with Crippen molar-refractivity contribution >= 4 is 35.0 Å². The lowest BCUT2D eigenvalue weighted by molar-refractivity contribution is -0.115. The van der Waals surface area contributed by atoms with Gasteiger partial charge in [0.15, 0.2) is 5.16 Å². The van der Waals surface area contributed by atoms with Gasteiger partial charge in [0.1, 0.15) is 17.9 Å². The minimum absolute atomic E-state index is 0.145. The monoisotopic (exact) mass is 380 g/mol. The molecule has 0 saturated heterocycles. The molecule has 0 bridgehead atoms. The summed E-state index contributed by atoms with van der Waals surface area (Å²) in [7, 11) is 0. The number of hydrogen-bond donors (Lipinski definition) is 1. The van der Waals surface area contributed by atoms with E-state index < -0.39 is 11.1 Å². The predicted molar refractivity (Wildman–Crippen MR) is 93.2 cm³/mol. The van der Waals surface area contributed by atoms with Crippen LogP contribution in [0.2, 0.25) is 5.02 Å². The van der Waals surface area contributed by atoms with Crippen molar-refractivity contribution in [1.82, 2.24) is 14.8 Å². The summed E-state index contributed by atoms with van der Waals surface area (Å²) >= 11 is 7.18. The number of nitrogens with one attached hydrogen (secondary N) is 1. The first-order chi connectivity index (χ1) is 12.0. The van der Waals surface area contributed by atoms with Gasteiger partial charge in [-0.1, -0.05) is 23.4 Å². The Balaban J connectivity index is 1.65. The molecule has 1 aromatic carbocycles. The predicted octanol–water partition coefficient (Wildman–Crippen LogP) is 3.83. The van der Waals surface area contributed by atoms with Crippen molar-refractivity contribution in [2.75, 3.05) is 5.32 Å². The third-order valence-electron chi connectivity index (χ3n) is 3.33. The van der Waals surface area contributed by atoms with E-state index in [4.69, 9.17) is 16.0 Å². The van der Waals surface area contributed by atoms with E-state index in [2.05, 4.69) is 15.5 Å². The number of anilines is 1. The van der Waals surface area contributed by atoms with Crippen LogP contribution in [0.15, 0.2) is 52.5 Å². The van der Waals surface area contributed by atoms with E-state index in [1.165, 1.54) is 23.9 Å². The van der Waals surface area contributed by atoms with Crippen molar-refractivity contribution in [1.29, 1.82) is 0 Å². The minimum atomic E-state index is -0.462. The molecule has 0 aliphatic carbocycles. The van der Waals surface area contributed by atoms with Gasteiger partial charge in [0.2, 0.25) is 5.91 Å². The molecule has 3 aromatic rings. The summed E-state index contributed by atoms with van der Waals surface area (Å²) in [5.74, 6) is 0.0272. The molecule has 6 nitrogen and oxygen atoms in total. The SMILES string of the molecule is CC(Sc1nncn1Cc1ccco1)C(=O)Nc1ccc(F)cc1Cl. The molecule has 0 fully saturated rings. The van der Waals surface area contributed by atoms with Crippen LogP contribution >= 0.6 is 23.4 Å². The Morgan fingerprint density at radius 3 is 3.04 bits per heavy atom. The summed E-state index contributed by atoms with van der Waals surface area (Å²) in [6.45, 7) is 2.21. The lowest BCUT2D eigenvalue weighted by atomic mass is 10.3. The lowest BCUT2D eigenvalue weighted by Crippen LogP contribution is -2.23. The Bertz CT molecular complexity index is 869. The van der Waals surface area contributed by atoms with Crippen LogP contribution in [0, 0.1) is 5.82 Å². The molecule has 0 saturated carbocycles. The quantitative estimate of drug-likeness (QED) is 0.658. The van der Waals surface area contributed by atoms with Crippen LogP contribution in [-0.4, -0.2) is 25.9 Å². The van der Waals surface area contributed by atoms with Crippen molar-refractivity contribution in [3.8, 4) is 0 Å². The number of aromatic nitrogens is 3. The molecule has 2 heterocycles. The zero-order chi connectivity index (χ0) is 17.8. The van der Waals surface area contributed by atoms with Gasteiger partial charge >= 0.3 is 0 Å². The number of benzene rings is 1. The number of amides is 1. The van der Waals surface area contributed by atoms with Gasteiger partial charge in [0.25, 0.3) is 0 Å². The van der Waals surface area contributed by atoms with Gasteiger partial charge < -0.3 is 14.3 Å². The summed E-state index contributed by atoms with van der Waals surface area (Å²) in [6.07, 6.45) is 3.17. The van der Waals surface area contributed by atoms with Crippen molar-refractivity contribution in [2.45, 2.75) is 23.9 Å². The molecule has 0 aliphatic rings. The van der Waals surface area contributed by atoms with E-state index in [1.54, 1.807) is 30.1 Å². The van der Waals surface area contributed by atoms with Gasteiger partial charge in [-0.05, 0) is 37.3 Å². The Labute approximate surface area is 152 Å². The number of carbonyl (C=O) groups excluding carboxylic acids is 1. The van der Waals surface area contributed by atoms with E-state index in [9.17, 15) is 9.18 Å². The highest BCUT2D eigenvalue weighted by atomic mass is 35.5. The fourth-order valence-electron chi connectivity index (χ4n) is 2.05. The number of hydrogen-bond acceptors (Lipinski definition) is 5. The van der Waals surface area contributed by atoms with Gasteiger partial charge in [-0.3, -0.25) is 4.79 Å². The van der Waals surface area contributed by atoms with Crippen LogP contribution in [0.5, 0.6) is 0 Å². The lowest BCUT2D eigenvalue weighted by Gasteiger charge is -2.13. The maximum atomic E-state index is 13.1. The summed E-state index contributed by atoms with van der Waals surface area (Å²) in [4.78, 5) is 12.3. The molecule has 130 valence electrons. The van der Waals surface area contributed by atoms with Crippen molar-refractivity contribution in [3.05, 3.63) is 59.5 Å². The first kappa shape index (κ1) is 17.5.